The van der Waals surface area contributed by atoms with Gasteiger partial charge in [0.05, 0.1) is 6.61 Å². The van der Waals surface area contributed by atoms with E-state index in [1.54, 1.807) is 6.92 Å². The summed E-state index contributed by atoms with van der Waals surface area (Å²) < 4.78 is 4.93. The number of hydrogen-bond acceptors (Lipinski definition) is 3. The van der Waals surface area contributed by atoms with Gasteiger partial charge in [0.1, 0.15) is 11.6 Å². The molecular weight excluding hydrogens is 214 g/mol. The molecular formula is C14H21NO2. The molecule has 1 rings (SSSR count). The van der Waals surface area contributed by atoms with E-state index < -0.39 is 5.97 Å². The number of nitrogens with zero attached hydrogens (tertiary/aromatic N) is 1. The number of hydrogen-bond donors (Lipinski definition) is 0. The third kappa shape index (κ3) is 3.59. The van der Waals surface area contributed by atoms with Crippen LogP contribution in [0.4, 0.5) is 0 Å². The Balaban J connectivity index is 3.00. The van der Waals surface area contributed by atoms with Gasteiger partial charge < -0.3 is 4.74 Å². The molecule has 94 valence electrons. The maximum Gasteiger partial charge on any atom is 0.348 e. The van der Waals surface area contributed by atoms with Gasteiger partial charge in [-0.15, -0.1) is 0 Å². The second kappa shape index (κ2) is 5.35. The van der Waals surface area contributed by atoms with Crippen LogP contribution in [0.1, 0.15) is 47.0 Å². The molecule has 1 atom stereocenters. The van der Waals surface area contributed by atoms with Crippen LogP contribution in [0.2, 0.25) is 0 Å². The summed E-state index contributed by atoms with van der Waals surface area (Å²) >= 11 is 0. The number of carbonyl (C=O) groups is 1. The lowest BCUT2D eigenvalue weighted by Gasteiger charge is -2.35. The number of allylic oxidation sites excluding steroid dienone is 1. The van der Waals surface area contributed by atoms with E-state index in [-0.39, 0.29) is 11.0 Å². The summed E-state index contributed by atoms with van der Waals surface area (Å²) in [5.41, 5.74) is 1.36. The SMILES string of the molecule is CCOC(=O)/C(C#N)=C1/CC(C)CC(C)(C)C1. The molecule has 0 bridgehead atoms. The molecule has 1 aliphatic carbocycles. The summed E-state index contributed by atoms with van der Waals surface area (Å²) in [6, 6.07) is 2.02. The van der Waals surface area contributed by atoms with Crippen LogP contribution in [-0.2, 0) is 9.53 Å². The maximum absolute atomic E-state index is 11.7. The average Bonchev–Trinajstić information content (AvgIpc) is 2.15. The minimum atomic E-state index is -0.463. The van der Waals surface area contributed by atoms with E-state index in [0.29, 0.717) is 12.5 Å². The summed E-state index contributed by atoms with van der Waals surface area (Å²) in [7, 11) is 0. The highest BCUT2D eigenvalue weighted by Crippen LogP contribution is 2.42. The molecule has 0 aromatic carbocycles. The monoisotopic (exact) mass is 235 g/mol. The van der Waals surface area contributed by atoms with Gasteiger partial charge >= 0.3 is 5.97 Å². The van der Waals surface area contributed by atoms with Crippen LogP contribution in [0.5, 0.6) is 0 Å². The van der Waals surface area contributed by atoms with E-state index in [4.69, 9.17) is 10.00 Å². The van der Waals surface area contributed by atoms with E-state index in [0.717, 1.165) is 24.8 Å². The van der Waals surface area contributed by atoms with Crippen molar-refractivity contribution < 1.29 is 9.53 Å². The Bertz CT molecular complexity index is 374. The molecule has 3 heteroatoms. The molecule has 3 nitrogen and oxygen atoms in total. The third-order valence-electron chi connectivity index (χ3n) is 3.13. The van der Waals surface area contributed by atoms with Crippen LogP contribution in [0.25, 0.3) is 0 Å². The Labute approximate surface area is 103 Å². The fourth-order valence-corrected chi connectivity index (χ4v) is 2.82. The van der Waals surface area contributed by atoms with Crippen LogP contribution in [0.3, 0.4) is 0 Å². The number of esters is 1. The summed E-state index contributed by atoms with van der Waals surface area (Å²) in [6.45, 7) is 8.61. The Morgan fingerprint density at radius 2 is 2.24 bits per heavy atom. The van der Waals surface area contributed by atoms with E-state index >= 15 is 0 Å². The molecule has 0 heterocycles. The molecule has 0 amide bonds. The number of ether oxygens (including phenoxy) is 1. The lowest BCUT2D eigenvalue weighted by molar-refractivity contribution is -0.138. The van der Waals surface area contributed by atoms with Crippen LogP contribution >= 0.6 is 0 Å². The van der Waals surface area contributed by atoms with Crippen molar-refractivity contribution in [2.24, 2.45) is 11.3 Å². The lowest BCUT2D eigenvalue weighted by atomic mass is 9.69. The predicted molar refractivity (Wildman–Crippen MR) is 66.1 cm³/mol. The van der Waals surface area contributed by atoms with E-state index in [1.807, 2.05) is 6.07 Å². The number of carbonyl (C=O) groups excluding carboxylic acids is 1. The van der Waals surface area contributed by atoms with Crippen molar-refractivity contribution in [2.75, 3.05) is 6.61 Å². The molecule has 0 saturated heterocycles. The first kappa shape index (κ1) is 13.8. The molecule has 1 unspecified atom stereocenters. The molecule has 0 aromatic rings. The second-order valence-corrected chi connectivity index (χ2v) is 5.67. The fourth-order valence-electron chi connectivity index (χ4n) is 2.82. The predicted octanol–water partition coefficient (Wildman–Crippen LogP) is 3.22. The van der Waals surface area contributed by atoms with Gasteiger partial charge in [0, 0.05) is 0 Å². The summed E-state index contributed by atoms with van der Waals surface area (Å²) in [5, 5.41) is 9.12. The van der Waals surface area contributed by atoms with Crippen LogP contribution < -0.4 is 0 Å². The highest BCUT2D eigenvalue weighted by atomic mass is 16.5. The van der Waals surface area contributed by atoms with E-state index in [9.17, 15) is 4.79 Å². The number of rotatable bonds is 2. The molecule has 1 aliphatic rings. The Kier molecular flexibility index (Phi) is 4.34. The number of nitriles is 1. The molecule has 0 radical (unpaired) electrons. The van der Waals surface area contributed by atoms with Gasteiger partial charge in [0.15, 0.2) is 0 Å². The van der Waals surface area contributed by atoms with Gasteiger partial charge in [-0.05, 0) is 43.1 Å². The molecule has 17 heavy (non-hydrogen) atoms. The van der Waals surface area contributed by atoms with Gasteiger partial charge in [-0.1, -0.05) is 20.8 Å². The quantitative estimate of drug-likeness (QED) is 0.419. The average molecular weight is 235 g/mol. The third-order valence-corrected chi connectivity index (χ3v) is 3.13. The van der Waals surface area contributed by atoms with Crippen molar-refractivity contribution in [3.63, 3.8) is 0 Å². The molecule has 0 spiro atoms. The first-order chi connectivity index (χ1) is 7.89. The Morgan fingerprint density at radius 1 is 1.59 bits per heavy atom. The van der Waals surface area contributed by atoms with E-state index in [1.165, 1.54) is 0 Å². The van der Waals surface area contributed by atoms with Crippen molar-refractivity contribution in [2.45, 2.75) is 47.0 Å². The van der Waals surface area contributed by atoms with Crippen molar-refractivity contribution in [1.29, 1.82) is 5.26 Å². The zero-order valence-electron chi connectivity index (χ0n) is 11.2. The normalized spacial score (nSPS) is 25.9. The first-order valence-corrected chi connectivity index (χ1v) is 6.19. The minimum Gasteiger partial charge on any atom is -0.462 e. The maximum atomic E-state index is 11.7. The first-order valence-electron chi connectivity index (χ1n) is 6.19. The van der Waals surface area contributed by atoms with Crippen molar-refractivity contribution >= 4 is 5.97 Å². The molecule has 0 aromatic heterocycles. The summed E-state index contributed by atoms with van der Waals surface area (Å²) in [4.78, 5) is 11.7. The molecule has 1 fully saturated rings. The standard InChI is InChI=1S/C14H21NO2/c1-5-17-13(16)12(9-15)11-6-10(2)7-14(3,4)8-11/h10H,5-8H2,1-4H3/b12-11-. The zero-order chi connectivity index (χ0) is 13.1. The van der Waals surface area contributed by atoms with Gasteiger partial charge in [0.2, 0.25) is 0 Å². The topological polar surface area (TPSA) is 50.1 Å². The van der Waals surface area contributed by atoms with Crippen LogP contribution in [0.15, 0.2) is 11.1 Å². The van der Waals surface area contributed by atoms with Gasteiger partial charge in [-0.3, -0.25) is 0 Å². The van der Waals surface area contributed by atoms with Crippen molar-refractivity contribution in [3.8, 4) is 6.07 Å². The summed E-state index contributed by atoms with van der Waals surface area (Å²) in [5.74, 6) is 0.0569. The van der Waals surface area contributed by atoms with Gasteiger partial charge in [-0.2, -0.15) is 5.26 Å². The zero-order valence-corrected chi connectivity index (χ0v) is 11.2. The van der Waals surface area contributed by atoms with Gasteiger partial charge in [0.25, 0.3) is 0 Å². The van der Waals surface area contributed by atoms with Crippen molar-refractivity contribution in [3.05, 3.63) is 11.1 Å². The fraction of sp³-hybridized carbons (Fsp3) is 0.714. The molecule has 1 saturated carbocycles. The van der Waals surface area contributed by atoms with Crippen LogP contribution in [0, 0.1) is 22.7 Å². The summed E-state index contributed by atoms with van der Waals surface area (Å²) in [6.07, 6.45) is 2.79. The second-order valence-electron chi connectivity index (χ2n) is 5.67. The highest BCUT2D eigenvalue weighted by Gasteiger charge is 2.31. The Hall–Kier alpha value is -1.30. The van der Waals surface area contributed by atoms with E-state index in [2.05, 4.69) is 20.8 Å². The van der Waals surface area contributed by atoms with Crippen molar-refractivity contribution in [1.82, 2.24) is 0 Å². The van der Waals surface area contributed by atoms with Gasteiger partial charge in [-0.25, -0.2) is 4.79 Å². The lowest BCUT2D eigenvalue weighted by Crippen LogP contribution is -2.24. The van der Waals surface area contributed by atoms with Crippen LogP contribution in [-0.4, -0.2) is 12.6 Å². The largest absolute Gasteiger partial charge is 0.462 e. The minimum absolute atomic E-state index is 0.168. The Morgan fingerprint density at radius 3 is 2.71 bits per heavy atom. The molecule has 0 N–H and O–H groups in total. The smallest absolute Gasteiger partial charge is 0.348 e. The highest BCUT2D eigenvalue weighted by molar-refractivity contribution is 5.93. The molecule has 0 aliphatic heterocycles.